The van der Waals surface area contributed by atoms with Crippen LogP contribution in [0.25, 0.3) is 0 Å². The number of carbonyl (C=O) groups excluding carboxylic acids is 1. The minimum Gasteiger partial charge on any atom is -0.383 e. The van der Waals surface area contributed by atoms with Crippen LogP contribution in [0.3, 0.4) is 0 Å². The predicted molar refractivity (Wildman–Crippen MR) is 97.2 cm³/mol. The molecule has 3 aromatic rings. The zero-order valence-electron chi connectivity index (χ0n) is 13.9. The molecule has 0 aliphatic heterocycles. The molecule has 0 saturated heterocycles. The number of pyridine rings is 1. The number of hydrogen-bond donors (Lipinski definition) is 2. The van der Waals surface area contributed by atoms with Gasteiger partial charge in [-0.2, -0.15) is 0 Å². The molecule has 132 valence electrons. The number of halogens is 2. The summed E-state index contributed by atoms with van der Waals surface area (Å²) in [7, 11) is 0. The standard InChI is InChI=1S/C20H17F2N3O/c21-15-7-5-14(6-8-15)11-12-23-16-9-10-19(24-13-16)25-20(26)17-3-1-2-4-18(17)22/h1-10,13,23H,11-12H2,(H,24,25,26). The van der Waals surface area contributed by atoms with Crippen LogP contribution in [-0.2, 0) is 6.42 Å². The van der Waals surface area contributed by atoms with Crippen molar-refractivity contribution in [3.05, 3.63) is 89.6 Å². The van der Waals surface area contributed by atoms with E-state index >= 15 is 0 Å². The summed E-state index contributed by atoms with van der Waals surface area (Å²) in [6, 6.07) is 15.5. The highest BCUT2D eigenvalue weighted by Gasteiger charge is 2.11. The highest BCUT2D eigenvalue weighted by molar-refractivity contribution is 6.03. The van der Waals surface area contributed by atoms with Gasteiger partial charge >= 0.3 is 0 Å². The van der Waals surface area contributed by atoms with E-state index in [4.69, 9.17) is 0 Å². The average Bonchev–Trinajstić information content (AvgIpc) is 2.65. The molecule has 0 spiro atoms. The van der Waals surface area contributed by atoms with Gasteiger partial charge in [0.05, 0.1) is 17.4 Å². The quantitative estimate of drug-likeness (QED) is 0.696. The number of amides is 1. The van der Waals surface area contributed by atoms with Gasteiger partial charge in [-0.15, -0.1) is 0 Å². The molecule has 6 heteroatoms. The van der Waals surface area contributed by atoms with E-state index in [1.54, 1.807) is 36.5 Å². The molecule has 3 rings (SSSR count). The van der Waals surface area contributed by atoms with E-state index in [1.165, 1.54) is 30.3 Å². The van der Waals surface area contributed by atoms with Crippen LogP contribution in [0.5, 0.6) is 0 Å². The van der Waals surface area contributed by atoms with Gasteiger partial charge in [-0.05, 0) is 48.4 Å². The largest absolute Gasteiger partial charge is 0.383 e. The minimum absolute atomic E-state index is 0.0317. The molecule has 1 amide bonds. The van der Waals surface area contributed by atoms with Gasteiger partial charge in [0.2, 0.25) is 0 Å². The first-order chi connectivity index (χ1) is 12.6. The van der Waals surface area contributed by atoms with E-state index in [2.05, 4.69) is 15.6 Å². The summed E-state index contributed by atoms with van der Waals surface area (Å²) < 4.78 is 26.5. The van der Waals surface area contributed by atoms with E-state index in [0.717, 1.165) is 17.7 Å². The second-order valence-electron chi connectivity index (χ2n) is 5.67. The molecular formula is C20H17F2N3O. The van der Waals surface area contributed by atoms with Gasteiger partial charge in [0.1, 0.15) is 17.5 Å². The monoisotopic (exact) mass is 353 g/mol. The summed E-state index contributed by atoms with van der Waals surface area (Å²) in [4.78, 5) is 16.2. The molecule has 1 aromatic heterocycles. The number of hydrogen-bond acceptors (Lipinski definition) is 3. The molecule has 0 atom stereocenters. The molecule has 0 radical (unpaired) electrons. The van der Waals surface area contributed by atoms with Gasteiger partial charge in [0.15, 0.2) is 0 Å². The van der Waals surface area contributed by atoms with Gasteiger partial charge in [-0.25, -0.2) is 13.8 Å². The van der Waals surface area contributed by atoms with Crippen LogP contribution in [0, 0.1) is 11.6 Å². The van der Waals surface area contributed by atoms with E-state index in [1.807, 2.05) is 0 Å². The summed E-state index contributed by atoms with van der Waals surface area (Å²) in [6.07, 6.45) is 2.33. The maximum atomic E-state index is 13.6. The Bertz CT molecular complexity index is 880. The molecule has 0 unspecified atom stereocenters. The number of nitrogens with zero attached hydrogens (tertiary/aromatic N) is 1. The fourth-order valence-electron chi connectivity index (χ4n) is 2.40. The Morgan fingerprint density at radius 3 is 2.42 bits per heavy atom. The highest BCUT2D eigenvalue weighted by atomic mass is 19.1. The third kappa shape index (κ3) is 4.63. The van der Waals surface area contributed by atoms with Gasteiger partial charge in [0.25, 0.3) is 5.91 Å². The topological polar surface area (TPSA) is 54.0 Å². The van der Waals surface area contributed by atoms with Crippen molar-refractivity contribution in [2.24, 2.45) is 0 Å². The maximum absolute atomic E-state index is 13.6. The van der Waals surface area contributed by atoms with Crippen molar-refractivity contribution in [2.45, 2.75) is 6.42 Å². The Morgan fingerprint density at radius 1 is 0.962 bits per heavy atom. The van der Waals surface area contributed by atoms with Gasteiger partial charge in [-0.1, -0.05) is 24.3 Å². The second-order valence-corrected chi connectivity index (χ2v) is 5.67. The van der Waals surface area contributed by atoms with E-state index in [0.29, 0.717) is 12.4 Å². The zero-order valence-corrected chi connectivity index (χ0v) is 13.9. The number of rotatable bonds is 6. The van der Waals surface area contributed by atoms with Crippen LogP contribution in [-0.4, -0.2) is 17.4 Å². The fourth-order valence-corrected chi connectivity index (χ4v) is 2.40. The number of carbonyl (C=O) groups is 1. The van der Waals surface area contributed by atoms with Crippen LogP contribution >= 0.6 is 0 Å². The zero-order chi connectivity index (χ0) is 18.4. The molecule has 2 aromatic carbocycles. The molecule has 0 fully saturated rings. The summed E-state index contributed by atoms with van der Waals surface area (Å²) in [5.74, 6) is -1.04. The van der Waals surface area contributed by atoms with Gasteiger partial charge in [0, 0.05) is 6.54 Å². The molecule has 4 nitrogen and oxygen atoms in total. The molecule has 0 saturated carbocycles. The average molecular weight is 353 g/mol. The number of benzene rings is 2. The number of anilines is 2. The molecule has 26 heavy (non-hydrogen) atoms. The first-order valence-corrected chi connectivity index (χ1v) is 8.12. The van der Waals surface area contributed by atoms with E-state index in [-0.39, 0.29) is 11.4 Å². The summed E-state index contributed by atoms with van der Waals surface area (Å²) in [5, 5.41) is 5.76. The molecule has 0 aliphatic carbocycles. The van der Waals surface area contributed by atoms with Crippen LogP contribution in [0.4, 0.5) is 20.3 Å². The van der Waals surface area contributed by atoms with Crippen molar-refractivity contribution in [1.82, 2.24) is 4.98 Å². The Hall–Kier alpha value is -3.28. The third-order valence-electron chi connectivity index (χ3n) is 3.78. The molecule has 1 heterocycles. The van der Waals surface area contributed by atoms with Crippen molar-refractivity contribution in [1.29, 1.82) is 0 Å². The lowest BCUT2D eigenvalue weighted by Crippen LogP contribution is -2.14. The van der Waals surface area contributed by atoms with Crippen molar-refractivity contribution >= 4 is 17.4 Å². The minimum atomic E-state index is -0.580. The lowest BCUT2D eigenvalue weighted by atomic mass is 10.1. The van der Waals surface area contributed by atoms with Crippen molar-refractivity contribution in [3.63, 3.8) is 0 Å². The molecule has 0 aliphatic rings. The van der Waals surface area contributed by atoms with E-state index in [9.17, 15) is 13.6 Å². The highest BCUT2D eigenvalue weighted by Crippen LogP contribution is 2.13. The van der Waals surface area contributed by atoms with Crippen LogP contribution in [0.2, 0.25) is 0 Å². The summed E-state index contributed by atoms with van der Waals surface area (Å²) in [6.45, 7) is 0.661. The summed E-state index contributed by atoms with van der Waals surface area (Å²) >= 11 is 0. The molecule has 2 N–H and O–H groups in total. The lowest BCUT2D eigenvalue weighted by molar-refractivity contribution is 0.102. The SMILES string of the molecule is O=C(Nc1ccc(NCCc2ccc(F)cc2)cn1)c1ccccc1F. The number of aromatic nitrogens is 1. The first kappa shape index (κ1) is 17.5. The van der Waals surface area contributed by atoms with Crippen LogP contribution < -0.4 is 10.6 Å². The Labute approximate surface area is 149 Å². The van der Waals surface area contributed by atoms with Crippen molar-refractivity contribution in [2.75, 3.05) is 17.2 Å². The maximum Gasteiger partial charge on any atom is 0.259 e. The predicted octanol–water partition coefficient (Wildman–Crippen LogP) is 4.27. The van der Waals surface area contributed by atoms with Crippen molar-refractivity contribution in [3.8, 4) is 0 Å². The Kier molecular flexibility index (Phi) is 5.53. The fraction of sp³-hybridized carbons (Fsp3) is 0.100. The lowest BCUT2D eigenvalue weighted by Gasteiger charge is -2.08. The summed E-state index contributed by atoms with van der Waals surface area (Å²) in [5.41, 5.74) is 1.78. The normalized spacial score (nSPS) is 10.4. The molecule has 0 bridgehead atoms. The van der Waals surface area contributed by atoms with E-state index < -0.39 is 11.7 Å². The Morgan fingerprint density at radius 2 is 1.73 bits per heavy atom. The van der Waals surface area contributed by atoms with Gasteiger partial charge in [-0.3, -0.25) is 4.79 Å². The Balaban J connectivity index is 1.52. The number of nitrogens with one attached hydrogen (secondary N) is 2. The van der Waals surface area contributed by atoms with Crippen LogP contribution in [0.15, 0.2) is 66.9 Å². The van der Waals surface area contributed by atoms with Gasteiger partial charge < -0.3 is 10.6 Å². The molecular weight excluding hydrogens is 336 g/mol. The first-order valence-electron chi connectivity index (χ1n) is 8.12. The smallest absolute Gasteiger partial charge is 0.259 e. The third-order valence-corrected chi connectivity index (χ3v) is 3.78. The van der Waals surface area contributed by atoms with Crippen molar-refractivity contribution < 1.29 is 13.6 Å². The second kappa shape index (κ2) is 8.20. The van der Waals surface area contributed by atoms with Crippen LogP contribution in [0.1, 0.15) is 15.9 Å².